The molecule has 2 rings (SSSR count). The molecule has 0 bridgehead atoms. The maximum absolute atomic E-state index is 4.51. The van der Waals surface area contributed by atoms with Crippen LogP contribution in [0.1, 0.15) is 30.4 Å². The molecule has 0 aromatic carbocycles. The molecule has 92 valence electrons. The van der Waals surface area contributed by atoms with Crippen LogP contribution in [0.2, 0.25) is 0 Å². The summed E-state index contributed by atoms with van der Waals surface area (Å²) in [5, 5.41) is 4.51. The van der Waals surface area contributed by atoms with Gasteiger partial charge in [-0.05, 0) is 36.2 Å². The summed E-state index contributed by atoms with van der Waals surface area (Å²) in [6.07, 6.45) is 4.92. The van der Waals surface area contributed by atoms with Crippen LogP contribution in [-0.4, -0.2) is 19.3 Å². The fourth-order valence-corrected chi connectivity index (χ4v) is 2.19. The summed E-state index contributed by atoms with van der Waals surface area (Å²) in [7, 11) is 0. The number of hydrogen-bond acceptors (Lipinski definition) is 2. The van der Waals surface area contributed by atoms with Crippen LogP contribution in [0.4, 0.5) is 0 Å². The van der Waals surface area contributed by atoms with E-state index in [1.165, 1.54) is 5.69 Å². The minimum absolute atomic E-state index is 0.776. The minimum atomic E-state index is 0.776. The Morgan fingerprint density at radius 2 is 2.12 bits per heavy atom. The molecule has 0 aliphatic rings. The summed E-state index contributed by atoms with van der Waals surface area (Å²) >= 11 is 3.55. The van der Waals surface area contributed by atoms with Gasteiger partial charge in [-0.2, -0.15) is 5.10 Å². The standard InChI is InChI=1S/C12H17BrN4/c1-4-5-16-8-14-6-11(16)7-17-10(3)12(13)9(2)15-17/h6,8H,4-5,7H2,1-3H3. The third kappa shape index (κ3) is 2.44. The van der Waals surface area contributed by atoms with Gasteiger partial charge in [0.25, 0.3) is 0 Å². The monoisotopic (exact) mass is 296 g/mol. The van der Waals surface area contributed by atoms with E-state index in [9.17, 15) is 0 Å². The van der Waals surface area contributed by atoms with Crippen LogP contribution < -0.4 is 0 Å². The maximum atomic E-state index is 4.51. The first-order chi connectivity index (χ1) is 8.13. The molecular formula is C12H17BrN4. The highest BCUT2D eigenvalue weighted by Crippen LogP contribution is 2.20. The number of halogens is 1. The van der Waals surface area contributed by atoms with Crippen molar-refractivity contribution in [2.75, 3.05) is 0 Å². The Morgan fingerprint density at radius 1 is 1.35 bits per heavy atom. The second-order valence-corrected chi connectivity index (χ2v) is 5.01. The van der Waals surface area contributed by atoms with Crippen molar-refractivity contribution >= 4 is 15.9 Å². The lowest BCUT2D eigenvalue weighted by atomic mass is 10.4. The Morgan fingerprint density at radius 3 is 2.71 bits per heavy atom. The number of rotatable bonds is 4. The molecule has 0 radical (unpaired) electrons. The molecule has 0 saturated carbocycles. The van der Waals surface area contributed by atoms with E-state index in [4.69, 9.17) is 0 Å². The molecule has 0 aliphatic heterocycles. The average Bonchev–Trinajstić information content (AvgIpc) is 2.82. The zero-order chi connectivity index (χ0) is 12.4. The Kier molecular flexibility index (Phi) is 3.66. The van der Waals surface area contributed by atoms with Gasteiger partial charge < -0.3 is 4.57 Å². The largest absolute Gasteiger partial charge is 0.333 e. The van der Waals surface area contributed by atoms with Gasteiger partial charge in [-0.3, -0.25) is 4.68 Å². The van der Waals surface area contributed by atoms with Crippen LogP contribution in [0.3, 0.4) is 0 Å². The van der Waals surface area contributed by atoms with Crippen LogP contribution >= 0.6 is 15.9 Å². The molecule has 0 N–H and O–H groups in total. The van der Waals surface area contributed by atoms with E-state index in [0.717, 1.165) is 35.4 Å². The third-order valence-electron chi connectivity index (χ3n) is 2.87. The molecule has 0 atom stereocenters. The highest BCUT2D eigenvalue weighted by Gasteiger charge is 2.10. The van der Waals surface area contributed by atoms with E-state index < -0.39 is 0 Å². The maximum Gasteiger partial charge on any atom is 0.0948 e. The molecular weight excluding hydrogens is 280 g/mol. The van der Waals surface area contributed by atoms with Crippen molar-refractivity contribution < 1.29 is 0 Å². The molecule has 0 amide bonds. The highest BCUT2D eigenvalue weighted by molar-refractivity contribution is 9.10. The van der Waals surface area contributed by atoms with Gasteiger partial charge in [-0.1, -0.05) is 6.92 Å². The van der Waals surface area contributed by atoms with E-state index in [2.05, 4.69) is 44.4 Å². The van der Waals surface area contributed by atoms with Crippen molar-refractivity contribution in [3.8, 4) is 0 Å². The lowest BCUT2D eigenvalue weighted by Crippen LogP contribution is -2.09. The molecule has 5 heteroatoms. The molecule has 0 spiro atoms. The van der Waals surface area contributed by atoms with E-state index >= 15 is 0 Å². The van der Waals surface area contributed by atoms with Gasteiger partial charge in [0.05, 0.1) is 40.6 Å². The molecule has 4 nitrogen and oxygen atoms in total. The van der Waals surface area contributed by atoms with E-state index in [1.54, 1.807) is 0 Å². The lowest BCUT2D eigenvalue weighted by Gasteiger charge is -2.08. The van der Waals surface area contributed by atoms with E-state index in [0.29, 0.717) is 0 Å². The lowest BCUT2D eigenvalue weighted by molar-refractivity contribution is 0.586. The van der Waals surface area contributed by atoms with Crippen LogP contribution in [-0.2, 0) is 13.1 Å². The van der Waals surface area contributed by atoms with Gasteiger partial charge in [0, 0.05) is 6.54 Å². The van der Waals surface area contributed by atoms with Gasteiger partial charge in [0.15, 0.2) is 0 Å². The highest BCUT2D eigenvalue weighted by atomic mass is 79.9. The Bertz CT molecular complexity index is 513. The smallest absolute Gasteiger partial charge is 0.0948 e. The number of nitrogens with zero attached hydrogens (tertiary/aromatic N) is 4. The molecule has 0 aliphatic carbocycles. The second kappa shape index (κ2) is 5.04. The van der Waals surface area contributed by atoms with Crippen molar-refractivity contribution in [3.05, 3.63) is 34.1 Å². The predicted molar refractivity (Wildman–Crippen MR) is 71.0 cm³/mol. The van der Waals surface area contributed by atoms with Gasteiger partial charge in [-0.15, -0.1) is 0 Å². The summed E-state index contributed by atoms with van der Waals surface area (Å²) in [6, 6.07) is 0. The molecule has 17 heavy (non-hydrogen) atoms. The zero-order valence-electron chi connectivity index (χ0n) is 10.4. The molecule has 2 heterocycles. The van der Waals surface area contributed by atoms with Crippen LogP contribution in [0, 0.1) is 13.8 Å². The number of aromatic nitrogens is 4. The van der Waals surface area contributed by atoms with Gasteiger partial charge in [0.2, 0.25) is 0 Å². The van der Waals surface area contributed by atoms with E-state index in [-0.39, 0.29) is 0 Å². The van der Waals surface area contributed by atoms with Crippen molar-refractivity contribution in [3.63, 3.8) is 0 Å². The van der Waals surface area contributed by atoms with Crippen LogP contribution in [0.15, 0.2) is 17.0 Å². The van der Waals surface area contributed by atoms with Gasteiger partial charge in [0.1, 0.15) is 0 Å². The number of imidazole rings is 1. The first-order valence-corrected chi connectivity index (χ1v) is 6.61. The van der Waals surface area contributed by atoms with Crippen LogP contribution in [0.25, 0.3) is 0 Å². The van der Waals surface area contributed by atoms with Crippen molar-refractivity contribution in [2.45, 2.75) is 40.3 Å². The predicted octanol–water partition coefficient (Wildman–Crippen LogP) is 2.92. The molecule has 0 saturated heterocycles. The first-order valence-electron chi connectivity index (χ1n) is 5.82. The summed E-state index contributed by atoms with van der Waals surface area (Å²) in [6.45, 7) is 8.04. The molecule has 2 aromatic heterocycles. The summed E-state index contributed by atoms with van der Waals surface area (Å²) < 4.78 is 5.30. The summed E-state index contributed by atoms with van der Waals surface area (Å²) in [5.74, 6) is 0. The molecule has 0 unspecified atom stereocenters. The fraction of sp³-hybridized carbons (Fsp3) is 0.500. The Balaban J connectivity index is 2.25. The van der Waals surface area contributed by atoms with Crippen molar-refractivity contribution in [1.29, 1.82) is 0 Å². The van der Waals surface area contributed by atoms with Gasteiger partial charge in [-0.25, -0.2) is 4.98 Å². The first kappa shape index (κ1) is 12.4. The number of aryl methyl sites for hydroxylation is 2. The van der Waals surface area contributed by atoms with Gasteiger partial charge >= 0.3 is 0 Å². The van der Waals surface area contributed by atoms with Crippen LogP contribution in [0.5, 0.6) is 0 Å². The topological polar surface area (TPSA) is 35.6 Å². The third-order valence-corrected chi connectivity index (χ3v) is 4.02. The Labute approximate surface area is 110 Å². The normalized spacial score (nSPS) is 11.1. The quantitative estimate of drug-likeness (QED) is 0.870. The Hall–Kier alpha value is -1.10. The summed E-state index contributed by atoms with van der Waals surface area (Å²) in [4.78, 5) is 4.21. The van der Waals surface area contributed by atoms with Crippen molar-refractivity contribution in [1.82, 2.24) is 19.3 Å². The average molecular weight is 297 g/mol. The molecule has 2 aromatic rings. The fourth-order valence-electron chi connectivity index (χ4n) is 1.90. The van der Waals surface area contributed by atoms with E-state index in [1.807, 2.05) is 24.1 Å². The summed E-state index contributed by atoms with van der Waals surface area (Å²) in [5.41, 5.74) is 3.39. The zero-order valence-corrected chi connectivity index (χ0v) is 12.0. The molecule has 0 fully saturated rings. The SMILES string of the molecule is CCCn1cncc1Cn1nc(C)c(Br)c1C. The van der Waals surface area contributed by atoms with Crippen molar-refractivity contribution in [2.24, 2.45) is 0 Å². The number of hydrogen-bond donors (Lipinski definition) is 0. The minimum Gasteiger partial charge on any atom is -0.333 e. The second-order valence-electron chi connectivity index (χ2n) is 4.22.